The van der Waals surface area contributed by atoms with Gasteiger partial charge >= 0.3 is 0 Å². The standard InChI is InChI=1S/C11H9N5O/c1-7-3-2-4-9(8(7)5-12)14-11(17)10-6-13-16-15-10/h2-4,6H,1H3,(H,14,17)(H,13,15,16). The Balaban J connectivity index is 2.29. The Hall–Kier alpha value is -2.68. The number of rotatable bonds is 2. The van der Waals surface area contributed by atoms with Crippen molar-refractivity contribution >= 4 is 11.6 Å². The van der Waals surface area contributed by atoms with Gasteiger partial charge in [0.05, 0.1) is 17.4 Å². The van der Waals surface area contributed by atoms with E-state index in [0.29, 0.717) is 11.3 Å². The first-order valence-electron chi connectivity index (χ1n) is 4.89. The summed E-state index contributed by atoms with van der Waals surface area (Å²) in [6.45, 7) is 1.81. The maximum atomic E-state index is 11.7. The Kier molecular flexibility index (Phi) is 2.83. The highest BCUT2D eigenvalue weighted by atomic mass is 16.2. The molecule has 0 aliphatic rings. The number of aromatic amines is 1. The smallest absolute Gasteiger partial charge is 0.277 e. The third kappa shape index (κ3) is 2.13. The topological polar surface area (TPSA) is 94.5 Å². The maximum Gasteiger partial charge on any atom is 0.277 e. The van der Waals surface area contributed by atoms with Crippen LogP contribution in [0.5, 0.6) is 0 Å². The molecule has 0 saturated heterocycles. The van der Waals surface area contributed by atoms with Gasteiger partial charge in [0, 0.05) is 0 Å². The highest BCUT2D eigenvalue weighted by Crippen LogP contribution is 2.18. The lowest BCUT2D eigenvalue weighted by Crippen LogP contribution is -2.13. The van der Waals surface area contributed by atoms with Crippen LogP contribution in [0.2, 0.25) is 0 Å². The van der Waals surface area contributed by atoms with Gasteiger partial charge in [0.1, 0.15) is 6.07 Å². The molecule has 0 spiro atoms. The van der Waals surface area contributed by atoms with E-state index < -0.39 is 5.91 Å². The van der Waals surface area contributed by atoms with E-state index in [2.05, 4.69) is 26.8 Å². The van der Waals surface area contributed by atoms with Crippen LogP contribution in [0, 0.1) is 18.3 Å². The number of H-pyrrole nitrogens is 1. The summed E-state index contributed by atoms with van der Waals surface area (Å²) >= 11 is 0. The van der Waals surface area contributed by atoms with Crippen LogP contribution in [0.1, 0.15) is 21.6 Å². The van der Waals surface area contributed by atoms with Crippen LogP contribution in [-0.2, 0) is 0 Å². The number of nitrogens with zero attached hydrogens (tertiary/aromatic N) is 3. The highest BCUT2D eigenvalue weighted by molar-refractivity contribution is 6.03. The van der Waals surface area contributed by atoms with Crippen LogP contribution in [0.4, 0.5) is 5.69 Å². The number of carbonyl (C=O) groups excluding carboxylic acids is 1. The van der Waals surface area contributed by atoms with Crippen LogP contribution in [-0.4, -0.2) is 21.3 Å². The van der Waals surface area contributed by atoms with E-state index in [9.17, 15) is 4.79 Å². The molecule has 2 aromatic rings. The van der Waals surface area contributed by atoms with Gasteiger partial charge in [-0.2, -0.15) is 20.7 Å². The molecule has 0 unspecified atom stereocenters. The van der Waals surface area contributed by atoms with Crippen molar-refractivity contribution in [2.24, 2.45) is 0 Å². The number of aryl methyl sites for hydroxylation is 1. The van der Waals surface area contributed by atoms with Crippen LogP contribution in [0.25, 0.3) is 0 Å². The predicted molar refractivity (Wildman–Crippen MR) is 60.2 cm³/mol. The lowest BCUT2D eigenvalue weighted by atomic mass is 10.1. The fraction of sp³-hybridized carbons (Fsp3) is 0.0909. The molecule has 0 saturated carbocycles. The Morgan fingerprint density at radius 3 is 3.00 bits per heavy atom. The SMILES string of the molecule is Cc1cccc(NC(=O)c2cn[nH]n2)c1C#N. The molecule has 1 amide bonds. The molecular formula is C11H9N5O. The fourth-order valence-electron chi connectivity index (χ4n) is 1.42. The van der Waals surface area contributed by atoms with E-state index in [1.165, 1.54) is 6.20 Å². The molecule has 0 aliphatic carbocycles. The zero-order valence-corrected chi connectivity index (χ0v) is 9.06. The van der Waals surface area contributed by atoms with Crippen LogP contribution >= 0.6 is 0 Å². The first kappa shape index (κ1) is 10.8. The first-order valence-corrected chi connectivity index (χ1v) is 4.89. The normalized spacial score (nSPS) is 9.65. The van der Waals surface area contributed by atoms with Gasteiger partial charge in [-0.25, -0.2) is 0 Å². The highest BCUT2D eigenvalue weighted by Gasteiger charge is 2.12. The Labute approximate surface area is 97.3 Å². The van der Waals surface area contributed by atoms with E-state index in [1.807, 2.05) is 13.0 Å². The number of amides is 1. The van der Waals surface area contributed by atoms with Crippen molar-refractivity contribution < 1.29 is 4.79 Å². The molecule has 84 valence electrons. The molecule has 1 aromatic heterocycles. The van der Waals surface area contributed by atoms with Gasteiger partial charge in [-0.3, -0.25) is 4.79 Å². The molecule has 17 heavy (non-hydrogen) atoms. The van der Waals surface area contributed by atoms with E-state index in [0.717, 1.165) is 5.56 Å². The quantitative estimate of drug-likeness (QED) is 0.806. The van der Waals surface area contributed by atoms with Crippen LogP contribution in [0.15, 0.2) is 24.4 Å². The Morgan fingerprint density at radius 1 is 1.53 bits per heavy atom. The van der Waals surface area contributed by atoms with E-state index >= 15 is 0 Å². The van der Waals surface area contributed by atoms with E-state index in [4.69, 9.17) is 5.26 Å². The second kappa shape index (κ2) is 4.45. The number of carbonyl (C=O) groups is 1. The summed E-state index contributed by atoms with van der Waals surface area (Å²) in [7, 11) is 0. The fourth-order valence-corrected chi connectivity index (χ4v) is 1.42. The Morgan fingerprint density at radius 2 is 2.35 bits per heavy atom. The van der Waals surface area contributed by atoms with Gasteiger partial charge in [0.15, 0.2) is 5.69 Å². The Bertz CT molecular complexity index is 582. The largest absolute Gasteiger partial charge is 0.319 e. The monoisotopic (exact) mass is 227 g/mol. The second-order valence-electron chi connectivity index (χ2n) is 3.42. The summed E-state index contributed by atoms with van der Waals surface area (Å²) in [5.41, 5.74) is 1.91. The molecule has 2 rings (SSSR count). The third-order valence-corrected chi connectivity index (χ3v) is 2.28. The maximum absolute atomic E-state index is 11.7. The number of nitrogens with one attached hydrogen (secondary N) is 2. The molecule has 0 aliphatic heterocycles. The third-order valence-electron chi connectivity index (χ3n) is 2.28. The molecule has 1 aromatic carbocycles. The minimum absolute atomic E-state index is 0.176. The molecule has 2 N–H and O–H groups in total. The van der Waals surface area contributed by atoms with Crippen molar-refractivity contribution in [2.45, 2.75) is 6.92 Å². The molecule has 6 nitrogen and oxygen atoms in total. The van der Waals surface area contributed by atoms with E-state index in [-0.39, 0.29) is 5.69 Å². The molecule has 1 heterocycles. The zero-order chi connectivity index (χ0) is 12.3. The van der Waals surface area contributed by atoms with E-state index in [1.54, 1.807) is 12.1 Å². The lowest BCUT2D eigenvalue weighted by Gasteiger charge is -2.06. The van der Waals surface area contributed by atoms with Crippen molar-refractivity contribution in [1.29, 1.82) is 5.26 Å². The average molecular weight is 227 g/mol. The zero-order valence-electron chi connectivity index (χ0n) is 9.06. The van der Waals surface area contributed by atoms with Crippen LogP contribution < -0.4 is 5.32 Å². The molecular weight excluding hydrogens is 218 g/mol. The molecule has 0 atom stereocenters. The first-order chi connectivity index (χ1) is 8.22. The van der Waals surface area contributed by atoms with Crippen molar-refractivity contribution in [3.05, 3.63) is 41.2 Å². The van der Waals surface area contributed by atoms with Crippen molar-refractivity contribution in [3.8, 4) is 6.07 Å². The van der Waals surface area contributed by atoms with Gasteiger partial charge in [-0.05, 0) is 18.6 Å². The number of benzene rings is 1. The van der Waals surface area contributed by atoms with Crippen molar-refractivity contribution in [1.82, 2.24) is 15.4 Å². The average Bonchev–Trinajstić information content (AvgIpc) is 2.82. The number of aromatic nitrogens is 3. The van der Waals surface area contributed by atoms with Gasteiger partial charge < -0.3 is 5.32 Å². The summed E-state index contributed by atoms with van der Waals surface area (Å²) in [4.78, 5) is 11.7. The number of hydrogen-bond acceptors (Lipinski definition) is 4. The molecule has 6 heteroatoms. The number of nitriles is 1. The van der Waals surface area contributed by atoms with Crippen LogP contribution in [0.3, 0.4) is 0 Å². The van der Waals surface area contributed by atoms with Gasteiger partial charge in [-0.15, -0.1) is 0 Å². The number of anilines is 1. The summed E-state index contributed by atoms with van der Waals surface area (Å²) in [5, 5.41) is 21.2. The summed E-state index contributed by atoms with van der Waals surface area (Å²) in [6, 6.07) is 7.31. The summed E-state index contributed by atoms with van der Waals surface area (Å²) < 4.78 is 0. The van der Waals surface area contributed by atoms with Crippen molar-refractivity contribution in [3.63, 3.8) is 0 Å². The molecule has 0 fully saturated rings. The predicted octanol–water partition coefficient (Wildman–Crippen LogP) is 1.24. The minimum Gasteiger partial charge on any atom is -0.319 e. The molecule has 0 radical (unpaired) electrons. The summed E-state index contributed by atoms with van der Waals surface area (Å²) in [6.07, 6.45) is 1.32. The van der Waals surface area contributed by atoms with Gasteiger partial charge in [0.2, 0.25) is 0 Å². The summed E-state index contributed by atoms with van der Waals surface area (Å²) in [5.74, 6) is -0.402. The van der Waals surface area contributed by atoms with Crippen molar-refractivity contribution in [2.75, 3.05) is 5.32 Å². The lowest BCUT2D eigenvalue weighted by molar-refractivity contribution is 0.102. The van der Waals surface area contributed by atoms with Gasteiger partial charge in [-0.1, -0.05) is 12.1 Å². The minimum atomic E-state index is -0.402. The van der Waals surface area contributed by atoms with Gasteiger partial charge in [0.25, 0.3) is 5.91 Å². The second-order valence-corrected chi connectivity index (χ2v) is 3.42. The molecule has 0 bridgehead atoms. The number of hydrogen-bond donors (Lipinski definition) is 2.